The van der Waals surface area contributed by atoms with Crippen LogP contribution in [0.25, 0.3) is 21.9 Å². The van der Waals surface area contributed by atoms with Crippen LogP contribution in [-0.2, 0) is 17.9 Å². The molecular weight excluding hydrogens is 432 g/mol. The van der Waals surface area contributed by atoms with E-state index in [1.807, 2.05) is 48.5 Å². The van der Waals surface area contributed by atoms with E-state index < -0.39 is 0 Å². The molecule has 0 fully saturated rings. The molecule has 0 unspecified atom stereocenters. The number of hydrogen-bond donors (Lipinski definition) is 1. The van der Waals surface area contributed by atoms with Gasteiger partial charge in [-0.3, -0.25) is 14.2 Å². The smallest absolute Gasteiger partial charge is 0.278 e. The van der Waals surface area contributed by atoms with Gasteiger partial charge in [0.05, 0.1) is 11.8 Å². The fourth-order valence-corrected chi connectivity index (χ4v) is 4.07. The van der Waals surface area contributed by atoms with Crippen molar-refractivity contribution in [2.75, 3.05) is 5.32 Å². The predicted molar refractivity (Wildman–Crippen MR) is 129 cm³/mol. The first-order valence-electron chi connectivity index (χ1n) is 11.1. The Hall–Kier alpha value is -4.27. The number of nitrogens with zero attached hydrogens (tertiary/aromatic N) is 5. The van der Waals surface area contributed by atoms with Gasteiger partial charge in [0.2, 0.25) is 11.8 Å². The minimum absolute atomic E-state index is 0.0312. The Balaban J connectivity index is 1.52. The summed E-state index contributed by atoms with van der Waals surface area (Å²) < 4.78 is 8.28. The summed E-state index contributed by atoms with van der Waals surface area (Å²) in [7, 11) is 0. The van der Waals surface area contributed by atoms with E-state index in [0.717, 1.165) is 10.9 Å². The SMILES string of the molecule is Cc1noc(Cn2cnc3c4ccccc4n(CC(=O)Nc4ccc(C(C)C)cc4)c3c2=O)n1. The Labute approximate surface area is 195 Å². The van der Waals surface area contributed by atoms with Gasteiger partial charge >= 0.3 is 0 Å². The number of aryl methyl sites for hydroxylation is 1. The van der Waals surface area contributed by atoms with E-state index >= 15 is 0 Å². The number of carbonyl (C=O) groups is 1. The van der Waals surface area contributed by atoms with Crippen LogP contribution >= 0.6 is 0 Å². The normalized spacial score (nSPS) is 11.5. The minimum Gasteiger partial charge on any atom is -0.337 e. The van der Waals surface area contributed by atoms with E-state index in [9.17, 15) is 9.59 Å². The maximum absolute atomic E-state index is 13.5. The molecule has 9 heteroatoms. The lowest BCUT2D eigenvalue weighted by atomic mass is 10.0. The van der Waals surface area contributed by atoms with Crippen LogP contribution in [0.1, 0.15) is 37.0 Å². The lowest BCUT2D eigenvalue weighted by Crippen LogP contribution is -2.25. The van der Waals surface area contributed by atoms with Crippen molar-refractivity contribution in [3.8, 4) is 0 Å². The molecular formula is C25H24N6O3. The van der Waals surface area contributed by atoms with E-state index in [1.54, 1.807) is 11.5 Å². The molecule has 172 valence electrons. The van der Waals surface area contributed by atoms with Gasteiger partial charge in [-0.05, 0) is 36.6 Å². The van der Waals surface area contributed by atoms with Crippen LogP contribution in [0.5, 0.6) is 0 Å². The molecule has 0 atom stereocenters. The van der Waals surface area contributed by atoms with Crippen molar-refractivity contribution in [2.24, 2.45) is 0 Å². The van der Waals surface area contributed by atoms with E-state index in [1.165, 1.54) is 16.5 Å². The quantitative estimate of drug-likeness (QED) is 0.416. The molecule has 9 nitrogen and oxygen atoms in total. The summed E-state index contributed by atoms with van der Waals surface area (Å²) in [6.07, 6.45) is 1.47. The van der Waals surface area contributed by atoms with Gasteiger partial charge in [0.15, 0.2) is 5.82 Å². The van der Waals surface area contributed by atoms with Crippen LogP contribution in [0.2, 0.25) is 0 Å². The van der Waals surface area contributed by atoms with Crippen molar-refractivity contribution in [3.05, 3.63) is 82.5 Å². The van der Waals surface area contributed by atoms with Crippen molar-refractivity contribution < 1.29 is 9.32 Å². The predicted octanol–water partition coefficient (Wildman–Crippen LogP) is 3.85. The highest BCUT2D eigenvalue weighted by molar-refractivity contribution is 6.06. The largest absolute Gasteiger partial charge is 0.337 e. The molecule has 0 aliphatic heterocycles. The summed E-state index contributed by atoms with van der Waals surface area (Å²) >= 11 is 0. The second kappa shape index (κ2) is 8.58. The van der Waals surface area contributed by atoms with Gasteiger partial charge in [0.1, 0.15) is 24.1 Å². The number of nitrogens with one attached hydrogen (secondary N) is 1. The number of aromatic nitrogens is 5. The molecule has 1 amide bonds. The molecule has 0 aliphatic rings. The van der Waals surface area contributed by atoms with Gasteiger partial charge in [0, 0.05) is 11.1 Å². The highest BCUT2D eigenvalue weighted by Gasteiger charge is 2.19. The van der Waals surface area contributed by atoms with Crippen LogP contribution in [0.4, 0.5) is 5.69 Å². The summed E-state index contributed by atoms with van der Waals surface area (Å²) in [4.78, 5) is 35.1. The Morgan fingerprint density at radius 1 is 1.12 bits per heavy atom. The average molecular weight is 457 g/mol. The lowest BCUT2D eigenvalue weighted by molar-refractivity contribution is -0.116. The van der Waals surface area contributed by atoms with Gasteiger partial charge in [-0.2, -0.15) is 4.98 Å². The zero-order chi connectivity index (χ0) is 23.8. The zero-order valence-electron chi connectivity index (χ0n) is 19.1. The van der Waals surface area contributed by atoms with Gasteiger partial charge < -0.3 is 14.4 Å². The van der Waals surface area contributed by atoms with Gasteiger partial charge in [-0.15, -0.1) is 0 Å². The standard InChI is InChI=1S/C25H24N6O3/c1-15(2)17-8-10-18(11-9-17)28-21(32)12-31-20-7-5-4-6-19(20)23-24(31)25(33)30(14-26-23)13-22-27-16(3)29-34-22/h4-11,14-15H,12-13H2,1-3H3,(H,28,32). The van der Waals surface area contributed by atoms with Crippen LogP contribution < -0.4 is 10.9 Å². The summed E-state index contributed by atoms with van der Waals surface area (Å²) in [5, 5.41) is 7.51. The first-order chi connectivity index (χ1) is 16.4. The molecule has 0 aliphatic carbocycles. The summed E-state index contributed by atoms with van der Waals surface area (Å²) in [5.41, 5.74) is 3.28. The third-order valence-corrected chi connectivity index (χ3v) is 5.77. The molecule has 5 aromatic rings. The van der Waals surface area contributed by atoms with Crippen molar-refractivity contribution in [2.45, 2.75) is 39.8 Å². The zero-order valence-corrected chi connectivity index (χ0v) is 19.1. The van der Waals surface area contributed by atoms with Crippen molar-refractivity contribution in [1.82, 2.24) is 24.3 Å². The highest BCUT2D eigenvalue weighted by Crippen LogP contribution is 2.25. The third-order valence-electron chi connectivity index (χ3n) is 5.77. The average Bonchev–Trinajstić information content (AvgIpc) is 3.37. The maximum Gasteiger partial charge on any atom is 0.278 e. The number of amides is 1. The lowest BCUT2D eigenvalue weighted by Gasteiger charge is -2.10. The molecule has 0 radical (unpaired) electrons. The molecule has 5 rings (SSSR count). The number of fused-ring (bicyclic) bond motifs is 3. The molecule has 3 aromatic heterocycles. The number of rotatable bonds is 6. The van der Waals surface area contributed by atoms with Crippen molar-refractivity contribution >= 4 is 33.5 Å². The monoisotopic (exact) mass is 456 g/mol. The molecule has 0 saturated carbocycles. The van der Waals surface area contributed by atoms with E-state index in [-0.39, 0.29) is 24.6 Å². The summed E-state index contributed by atoms with van der Waals surface area (Å²) in [6.45, 7) is 6.02. The minimum atomic E-state index is -0.286. The Morgan fingerprint density at radius 3 is 2.59 bits per heavy atom. The van der Waals surface area contributed by atoms with Gasteiger partial charge in [-0.25, -0.2) is 4.98 Å². The Morgan fingerprint density at radius 2 is 1.88 bits per heavy atom. The molecule has 2 aromatic carbocycles. The van der Waals surface area contributed by atoms with Crippen LogP contribution in [0.15, 0.2) is 64.2 Å². The highest BCUT2D eigenvalue weighted by atomic mass is 16.5. The number of benzene rings is 2. The van der Waals surface area contributed by atoms with Gasteiger partial charge in [0.25, 0.3) is 5.56 Å². The van der Waals surface area contributed by atoms with Gasteiger partial charge in [-0.1, -0.05) is 49.3 Å². The second-order valence-electron chi connectivity index (χ2n) is 8.54. The fourth-order valence-electron chi connectivity index (χ4n) is 4.07. The van der Waals surface area contributed by atoms with Crippen LogP contribution in [0.3, 0.4) is 0 Å². The Kier molecular flexibility index (Phi) is 5.45. The van der Waals surface area contributed by atoms with E-state index in [2.05, 4.69) is 34.3 Å². The second-order valence-corrected chi connectivity index (χ2v) is 8.54. The number of anilines is 1. The number of para-hydroxylation sites is 1. The Bertz CT molecular complexity index is 1560. The van der Waals surface area contributed by atoms with Crippen LogP contribution in [-0.4, -0.2) is 30.2 Å². The summed E-state index contributed by atoms with van der Waals surface area (Å²) in [5.74, 6) is 0.977. The topological polar surface area (TPSA) is 108 Å². The third kappa shape index (κ3) is 3.96. The molecule has 1 N–H and O–H groups in total. The molecule has 0 bridgehead atoms. The van der Waals surface area contributed by atoms with Crippen LogP contribution in [0, 0.1) is 6.92 Å². The fraction of sp³-hybridized carbons (Fsp3) is 0.240. The van der Waals surface area contributed by atoms with Crippen molar-refractivity contribution in [1.29, 1.82) is 0 Å². The van der Waals surface area contributed by atoms with Crippen molar-refractivity contribution in [3.63, 3.8) is 0 Å². The first kappa shape index (κ1) is 21.6. The van der Waals surface area contributed by atoms with E-state index in [0.29, 0.717) is 34.4 Å². The van der Waals surface area contributed by atoms with E-state index in [4.69, 9.17) is 4.52 Å². The first-order valence-corrected chi connectivity index (χ1v) is 11.1. The molecule has 0 spiro atoms. The molecule has 34 heavy (non-hydrogen) atoms. The summed E-state index contributed by atoms with van der Waals surface area (Å²) in [6, 6.07) is 15.3. The maximum atomic E-state index is 13.5. The molecule has 3 heterocycles. The number of carbonyl (C=O) groups excluding carboxylic acids is 1. The number of hydrogen-bond acceptors (Lipinski definition) is 6. The molecule has 0 saturated heterocycles.